The average molecular weight is 318 g/mol. The van der Waals surface area contributed by atoms with E-state index in [0.717, 1.165) is 0 Å². The van der Waals surface area contributed by atoms with Crippen molar-refractivity contribution >= 4 is 23.3 Å². The molecule has 2 aromatic rings. The number of amides is 1. The fraction of sp³-hybridized carbons (Fsp3) is 0.125. The van der Waals surface area contributed by atoms with Crippen LogP contribution in [-0.2, 0) is 10.6 Å². The second kappa shape index (κ2) is 5.21. The summed E-state index contributed by atoms with van der Waals surface area (Å²) in [5.41, 5.74) is -1.69. The summed E-state index contributed by atoms with van der Waals surface area (Å²) in [7, 11) is 1.22. The molecule has 1 heterocycles. The number of halogens is 1. The fourth-order valence-corrected chi connectivity index (χ4v) is 2.68. The molecule has 3 rings (SSSR count). The van der Waals surface area contributed by atoms with E-state index in [4.69, 9.17) is 16.4 Å². The van der Waals surface area contributed by atoms with Crippen LogP contribution >= 0.6 is 11.6 Å². The zero-order chi connectivity index (χ0) is 15.9. The molecule has 0 radical (unpaired) electrons. The molecule has 1 amide bonds. The van der Waals surface area contributed by atoms with Crippen molar-refractivity contribution in [2.75, 3.05) is 7.11 Å². The van der Waals surface area contributed by atoms with Gasteiger partial charge in [-0.25, -0.2) is 0 Å². The number of hydrogen-bond donors (Lipinski definition) is 1. The van der Waals surface area contributed by atoms with E-state index >= 15 is 0 Å². The molecule has 1 N–H and O–H groups in total. The van der Waals surface area contributed by atoms with Gasteiger partial charge in [-0.3, -0.25) is 14.4 Å². The van der Waals surface area contributed by atoms with Gasteiger partial charge in [-0.15, -0.1) is 0 Å². The average Bonchev–Trinajstić information content (AvgIpc) is 2.54. The van der Waals surface area contributed by atoms with Gasteiger partial charge in [0.05, 0.1) is 12.7 Å². The van der Waals surface area contributed by atoms with Crippen LogP contribution in [0.5, 0.6) is 0 Å². The molecule has 1 atom stereocenters. The van der Waals surface area contributed by atoms with Crippen LogP contribution in [-0.4, -0.2) is 29.0 Å². The molecule has 1 aliphatic heterocycles. The maximum atomic E-state index is 12.8. The summed E-state index contributed by atoms with van der Waals surface area (Å²) in [5, 5.41) is 12.1. The van der Waals surface area contributed by atoms with E-state index in [1.807, 2.05) is 0 Å². The molecule has 2 aromatic carbocycles. The summed E-state index contributed by atoms with van der Waals surface area (Å²) in [6, 6.07) is 12.3. The Balaban J connectivity index is 2.24. The first-order valence-electron chi connectivity index (χ1n) is 6.51. The summed E-state index contributed by atoms with van der Waals surface area (Å²) in [6.07, 6.45) is 0. The molecule has 0 bridgehead atoms. The topological polar surface area (TPSA) is 66.8 Å². The molecule has 6 heteroatoms. The highest BCUT2D eigenvalue weighted by molar-refractivity contribution is 6.30. The predicted molar refractivity (Wildman–Crippen MR) is 79.3 cm³/mol. The predicted octanol–water partition coefficient (Wildman–Crippen LogP) is 2.39. The normalized spacial score (nSPS) is 21.0. The minimum atomic E-state index is -2.23. The van der Waals surface area contributed by atoms with Crippen molar-refractivity contribution in [3.63, 3.8) is 0 Å². The number of carbonyl (C=O) groups is 2. The van der Waals surface area contributed by atoms with E-state index in [0.29, 0.717) is 10.1 Å². The summed E-state index contributed by atoms with van der Waals surface area (Å²) in [4.78, 5) is 30.3. The molecule has 0 aliphatic carbocycles. The molecular formula is C16H12ClNO4. The van der Waals surface area contributed by atoms with Crippen molar-refractivity contribution in [1.82, 2.24) is 5.06 Å². The van der Waals surface area contributed by atoms with E-state index in [2.05, 4.69) is 0 Å². The maximum absolute atomic E-state index is 12.8. The minimum absolute atomic E-state index is 0.151. The molecule has 1 unspecified atom stereocenters. The summed E-state index contributed by atoms with van der Waals surface area (Å²) in [6.45, 7) is 0. The van der Waals surface area contributed by atoms with Gasteiger partial charge in [0, 0.05) is 16.1 Å². The van der Waals surface area contributed by atoms with E-state index in [-0.39, 0.29) is 16.7 Å². The summed E-state index contributed by atoms with van der Waals surface area (Å²) < 4.78 is 0. The number of Topliss-reactive ketones (excluding diaryl/α,β-unsaturated/α-hetero) is 1. The van der Waals surface area contributed by atoms with Gasteiger partial charge >= 0.3 is 0 Å². The third-order valence-electron chi connectivity index (χ3n) is 3.63. The monoisotopic (exact) mass is 317 g/mol. The van der Waals surface area contributed by atoms with Crippen LogP contribution in [0.4, 0.5) is 0 Å². The van der Waals surface area contributed by atoms with Crippen LogP contribution in [0.2, 0.25) is 5.02 Å². The van der Waals surface area contributed by atoms with E-state index in [1.165, 1.54) is 43.5 Å². The Bertz CT molecular complexity index is 759. The van der Waals surface area contributed by atoms with Crippen molar-refractivity contribution in [2.24, 2.45) is 0 Å². The Morgan fingerprint density at radius 3 is 2.23 bits per heavy atom. The van der Waals surface area contributed by atoms with Crippen LogP contribution < -0.4 is 0 Å². The van der Waals surface area contributed by atoms with Gasteiger partial charge in [-0.1, -0.05) is 41.9 Å². The second-order valence-electron chi connectivity index (χ2n) is 4.84. The number of rotatable bonds is 2. The van der Waals surface area contributed by atoms with Crippen LogP contribution in [0.1, 0.15) is 26.3 Å². The summed E-state index contributed by atoms with van der Waals surface area (Å²) >= 11 is 5.83. The Morgan fingerprint density at radius 2 is 1.64 bits per heavy atom. The molecule has 5 nitrogen and oxygen atoms in total. The molecule has 1 aliphatic rings. The molecule has 22 heavy (non-hydrogen) atoms. The lowest BCUT2D eigenvalue weighted by molar-refractivity contribution is -0.227. The molecule has 0 fully saturated rings. The van der Waals surface area contributed by atoms with Crippen molar-refractivity contribution in [2.45, 2.75) is 5.72 Å². The minimum Gasteiger partial charge on any atom is -0.359 e. The lowest BCUT2D eigenvalue weighted by Gasteiger charge is -2.40. The first kappa shape index (κ1) is 14.7. The molecule has 0 aromatic heterocycles. The molecule has 0 saturated heterocycles. The van der Waals surface area contributed by atoms with Crippen LogP contribution in [0.3, 0.4) is 0 Å². The van der Waals surface area contributed by atoms with Gasteiger partial charge in [0.2, 0.25) is 5.78 Å². The Morgan fingerprint density at radius 1 is 1.05 bits per heavy atom. The lowest BCUT2D eigenvalue weighted by Crippen LogP contribution is -2.57. The van der Waals surface area contributed by atoms with Crippen molar-refractivity contribution in [1.29, 1.82) is 0 Å². The first-order valence-corrected chi connectivity index (χ1v) is 6.89. The number of aliphatic hydroxyl groups is 1. The number of nitrogens with zero attached hydrogens (tertiary/aromatic N) is 1. The third-order valence-corrected chi connectivity index (χ3v) is 3.88. The summed E-state index contributed by atoms with van der Waals surface area (Å²) in [5.74, 6) is -1.22. The highest BCUT2D eigenvalue weighted by Gasteiger charge is 2.52. The highest BCUT2D eigenvalue weighted by Crippen LogP contribution is 2.37. The fourth-order valence-electron chi connectivity index (χ4n) is 2.55. The number of carbonyl (C=O) groups excluding carboxylic acids is 2. The quantitative estimate of drug-likeness (QED) is 0.923. The second-order valence-corrected chi connectivity index (χ2v) is 5.27. The number of fused-ring (bicyclic) bond motifs is 1. The molecule has 0 saturated carbocycles. The van der Waals surface area contributed by atoms with Crippen LogP contribution in [0, 0.1) is 0 Å². The molecule has 0 spiro atoms. The number of hydrogen-bond acceptors (Lipinski definition) is 4. The van der Waals surface area contributed by atoms with Gasteiger partial charge in [-0.2, -0.15) is 5.06 Å². The first-order chi connectivity index (χ1) is 10.5. The Kier molecular flexibility index (Phi) is 3.48. The zero-order valence-corrected chi connectivity index (χ0v) is 12.4. The Hall–Kier alpha value is -2.21. The van der Waals surface area contributed by atoms with Crippen LogP contribution in [0.25, 0.3) is 0 Å². The lowest BCUT2D eigenvalue weighted by atomic mass is 9.86. The number of ketones is 1. The van der Waals surface area contributed by atoms with Gasteiger partial charge < -0.3 is 5.11 Å². The highest BCUT2D eigenvalue weighted by atomic mass is 35.5. The largest absolute Gasteiger partial charge is 0.359 e. The van der Waals surface area contributed by atoms with Crippen molar-refractivity contribution in [3.05, 3.63) is 70.2 Å². The van der Waals surface area contributed by atoms with Crippen molar-refractivity contribution in [3.8, 4) is 0 Å². The molecule has 112 valence electrons. The van der Waals surface area contributed by atoms with E-state index in [9.17, 15) is 14.7 Å². The van der Waals surface area contributed by atoms with Gasteiger partial charge in [0.15, 0.2) is 0 Å². The van der Waals surface area contributed by atoms with Gasteiger partial charge in [-0.05, 0) is 18.2 Å². The van der Waals surface area contributed by atoms with Gasteiger partial charge in [0.25, 0.3) is 11.6 Å². The number of hydroxylamine groups is 2. The molecular weight excluding hydrogens is 306 g/mol. The Labute approximate surface area is 131 Å². The maximum Gasteiger partial charge on any atom is 0.281 e. The zero-order valence-electron chi connectivity index (χ0n) is 11.6. The van der Waals surface area contributed by atoms with E-state index < -0.39 is 17.4 Å². The smallest absolute Gasteiger partial charge is 0.281 e. The standard InChI is InChI=1S/C16H12ClNO4/c1-22-18-15(20)13-5-3-2-4-12(13)14(19)16(18,21)10-6-8-11(17)9-7-10/h2-9,21H,1H3. The van der Waals surface area contributed by atoms with Gasteiger partial charge in [0.1, 0.15) is 0 Å². The SMILES string of the molecule is CON1C(=O)c2ccccc2C(=O)C1(O)c1ccc(Cl)cc1. The van der Waals surface area contributed by atoms with Crippen LogP contribution in [0.15, 0.2) is 48.5 Å². The third kappa shape index (κ3) is 1.94. The van der Waals surface area contributed by atoms with Crippen molar-refractivity contribution < 1.29 is 19.5 Å². The number of benzene rings is 2. The van der Waals surface area contributed by atoms with E-state index in [1.54, 1.807) is 12.1 Å².